The molecule has 2 N–H and O–H groups in total. The van der Waals surface area contributed by atoms with Crippen molar-refractivity contribution in [3.63, 3.8) is 0 Å². The number of nitrogens with zero attached hydrogens (tertiary/aromatic N) is 3. The molecule has 3 heterocycles. The molecule has 0 radical (unpaired) electrons. The van der Waals surface area contributed by atoms with Crippen LogP contribution in [0.2, 0.25) is 0 Å². The van der Waals surface area contributed by atoms with Crippen LogP contribution in [-0.2, 0) is 11.2 Å². The summed E-state index contributed by atoms with van der Waals surface area (Å²) < 4.78 is 0. The lowest BCUT2D eigenvalue weighted by molar-refractivity contribution is -0.119. The highest BCUT2D eigenvalue weighted by Gasteiger charge is 2.31. The van der Waals surface area contributed by atoms with Gasteiger partial charge in [-0.2, -0.15) is 0 Å². The van der Waals surface area contributed by atoms with Crippen LogP contribution in [0.1, 0.15) is 24.6 Å². The molecule has 1 amide bonds. The number of nitrogens with two attached hydrogens (primary N) is 1. The Labute approximate surface area is 115 Å². The number of hydrogen-bond donors (Lipinski definition) is 1. The van der Waals surface area contributed by atoms with E-state index in [4.69, 9.17) is 5.73 Å². The molecule has 0 unspecified atom stereocenters. The topological polar surface area (TPSA) is 72.1 Å². The first-order chi connectivity index (χ1) is 9.20. The zero-order valence-corrected chi connectivity index (χ0v) is 11.6. The molecule has 0 aromatic carbocycles. The third-order valence-corrected chi connectivity index (χ3v) is 4.75. The number of carbonyl (C=O) groups is 1. The number of fused-ring (bicyclic) bond motifs is 1. The Hall–Kier alpha value is -1.69. The lowest BCUT2D eigenvalue weighted by Crippen LogP contribution is -2.40. The second kappa shape index (κ2) is 4.77. The Kier molecular flexibility index (Phi) is 3.10. The number of amides is 1. The SMILES string of the molecule is CCc1cc2c(N3CCC[C@H]3C(N)=O)ncnc2s1. The van der Waals surface area contributed by atoms with Crippen molar-refractivity contribution < 1.29 is 4.79 Å². The predicted molar refractivity (Wildman–Crippen MR) is 76.4 cm³/mol. The fourth-order valence-electron chi connectivity index (χ4n) is 2.61. The van der Waals surface area contributed by atoms with Crippen molar-refractivity contribution >= 4 is 33.3 Å². The van der Waals surface area contributed by atoms with Crippen LogP contribution in [0.15, 0.2) is 12.4 Å². The van der Waals surface area contributed by atoms with Gasteiger partial charge in [-0.1, -0.05) is 6.92 Å². The van der Waals surface area contributed by atoms with Gasteiger partial charge in [0.15, 0.2) is 0 Å². The number of hydrogen-bond acceptors (Lipinski definition) is 5. The van der Waals surface area contributed by atoms with Crippen LogP contribution < -0.4 is 10.6 Å². The first kappa shape index (κ1) is 12.3. The van der Waals surface area contributed by atoms with E-state index in [9.17, 15) is 4.79 Å². The number of anilines is 1. The molecule has 0 bridgehead atoms. The molecule has 100 valence electrons. The standard InChI is InChI=1S/C13H16N4OS/c1-2-8-6-9-12(15-7-16-13(9)19-8)17-5-3-4-10(17)11(14)18/h6-7,10H,2-5H2,1H3,(H2,14,18)/t10-/m0/s1. The van der Waals surface area contributed by atoms with E-state index in [-0.39, 0.29) is 11.9 Å². The van der Waals surface area contributed by atoms with Gasteiger partial charge in [-0.3, -0.25) is 4.79 Å². The number of carbonyl (C=O) groups excluding carboxylic acids is 1. The van der Waals surface area contributed by atoms with Crippen LogP contribution in [0.25, 0.3) is 10.2 Å². The van der Waals surface area contributed by atoms with Gasteiger partial charge in [0.25, 0.3) is 0 Å². The summed E-state index contributed by atoms with van der Waals surface area (Å²) >= 11 is 1.69. The van der Waals surface area contributed by atoms with Crippen LogP contribution >= 0.6 is 11.3 Å². The second-order valence-electron chi connectivity index (χ2n) is 4.74. The normalized spacial score (nSPS) is 19.2. The van der Waals surface area contributed by atoms with E-state index in [1.807, 2.05) is 4.90 Å². The molecule has 1 aliphatic heterocycles. The van der Waals surface area contributed by atoms with Crippen LogP contribution in [0.5, 0.6) is 0 Å². The van der Waals surface area contributed by atoms with E-state index < -0.39 is 0 Å². The maximum atomic E-state index is 11.5. The quantitative estimate of drug-likeness (QED) is 0.926. The molecule has 0 saturated carbocycles. The lowest BCUT2D eigenvalue weighted by Gasteiger charge is -2.23. The van der Waals surface area contributed by atoms with Gasteiger partial charge in [0, 0.05) is 11.4 Å². The molecule has 2 aromatic rings. The number of thiophene rings is 1. The van der Waals surface area contributed by atoms with Gasteiger partial charge in [0.05, 0.1) is 5.39 Å². The maximum absolute atomic E-state index is 11.5. The summed E-state index contributed by atoms with van der Waals surface area (Å²) in [6.07, 6.45) is 4.35. The largest absolute Gasteiger partial charge is 0.368 e. The van der Waals surface area contributed by atoms with Crippen LogP contribution in [0.4, 0.5) is 5.82 Å². The summed E-state index contributed by atoms with van der Waals surface area (Å²) in [5.74, 6) is 0.581. The van der Waals surface area contributed by atoms with Crippen molar-refractivity contribution in [2.45, 2.75) is 32.2 Å². The third-order valence-electron chi connectivity index (χ3n) is 3.56. The summed E-state index contributed by atoms with van der Waals surface area (Å²) in [5.41, 5.74) is 5.48. The van der Waals surface area contributed by atoms with E-state index in [0.717, 1.165) is 41.8 Å². The van der Waals surface area contributed by atoms with Gasteiger partial charge >= 0.3 is 0 Å². The maximum Gasteiger partial charge on any atom is 0.240 e. The molecule has 1 atom stereocenters. The van der Waals surface area contributed by atoms with E-state index >= 15 is 0 Å². The molecular weight excluding hydrogens is 260 g/mol. The predicted octanol–water partition coefficient (Wildman–Crippen LogP) is 1.71. The highest BCUT2D eigenvalue weighted by molar-refractivity contribution is 7.18. The van der Waals surface area contributed by atoms with Gasteiger partial charge < -0.3 is 10.6 Å². The van der Waals surface area contributed by atoms with E-state index in [1.54, 1.807) is 17.7 Å². The highest BCUT2D eigenvalue weighted by Crippen LogP contribution is 2.33. The van der Waals surface area contributed by atoms with E-state index in [1.165, 1.54) is 4.88 Å². The lowest BCUT2D eigenvalue weighted by atomic mass is 10.2. The molecule has 1 fully saturated rings. The molecule has 2 aromatic heterocycles. The van der Waals surface area contributed by atoms with Crippen molar-refractivity contribution in [2.24, 2.45) is 5.73 Å². The summed E-state index contributed by atoms with van der Waals surface area (Å²) in [6.45, 7) is 2.96. The van der Waals surface area contributed by atoms with Crippen LogP contribution in [-0.4, -0.2) is 28.5 Å². The first-order valence-electron chi connectivity index (χ1n) is 6.50. The average Bonchev–Trinajstić information content (AvgIpc) is 3.04. The number of aromatic nitrogens is 2. The molecule has 19 heavy (non-hydrogen) atoms. The number of primary amides is 1. The molecule has 1 saturated heterocycles. The Bertz CT molecular complexity index is 624. The van der Waals surface area contributed by atoms with Gasteiger partial charge in [0.2, 0.25) is 5.91 Å². The zero-order valence-electron chi connectivity index (χ0n) is 10.8. The van der Waals surface area contributed by atoms with Gasteiger partial charge in [0.1, 0.15) is 23.0 Å². The molecule has 6 heteroatoms. The summed E-state index contributed by atoms with van der Waals surface area (Å²) in [6, 6.07) is 1.90. The molecule has 3 rings (SSSR count). The Morgan fingerprint density at radius 1 is 1.58 bits per heavy atom. The first-order valence-corrected chi connectivity index (χ1v) is 7.31. The zero-order chi connectivity index (χ0) is 13.4. The van der Waals surface area contributed by atoms with Crippen LogP contribution in [0, 0.1) is 0 Å². The average molecular weight is 276 g/mol. The molecular formula is C13H16N4OS. The molecule has 1 aliphatic rings. The van der Waals surface area contributed by atoms with Crippen molar-refractivity contribution in [3.05, 3.63) is 17.3 Å². The van der Waals surface area contributed by atoms with Crippen molar-refractivity contribution in [2.75, 3.05) is 11.4 Å². The van der Waals surface area contributed by atoms with E-state index in [0.29, 0.717) is 0 Å². The Morgan fingerprint density at radius 3 is 3.16 bits per heavy atom. The summed E-state index contributed by atoms with van der Waals surface area (Å²) in [5, 5.41) is 1.04. The molecule has 5 nitrogen and oxygen atoms in total. The van der Waals surface area contributed by atoms with Crippen LogP contribution in [0.3, 0.4) is 0 Å². The van der Waals surface area contributed by atoms with Gasteiger partial charge in [-0.05, 0) is 25.3 Å². The Morgan fingerprint density at radius 2 is 2.42 bits per heavy atom. The monoisotopic (exact) mass is 276 g/mol. The fourth-order valence-corrected chi connectivity index (χ4v) is 3.54. The minimum Gasteiger partial charge on any atom is -0.368 e. The molecule has 0 spiro atoms. The minimum absolute atomic E-state index is 0.233. The smallest absolute Gasteiger partial charge is 0.240 e. The number of aryl methyl sites for hydroxylation is 1. The summed E-state index contributed by atoms with van der Waals surface area (Å²) in [4.78, 5) is 24.5. The van der Waals surface area contributed by atoms with Crippen molar-refractivity contribution in [3.8, 4) is 0 Å². The minimum atomic E-state index is -0.268. The van der Waals surface area contributed by atoms with E-state index in [2.05, 4.69) is 23.0 Å². The molecule has 0 aliphatic carbocycles. The Balaban J connectivity index is 2.09. The fraction of sp³-hybridized carbons (Fsp3) is 0.462. The van der Waals surface area contributed by atoms with Crippen molar-refractivity contribution in [1.82, 2.24) is 9.97 Å². The van der Waals surface area contributed by atoms with Gasteiger partial charge in [-0.25, -0.2) is 9.97 Å². The third kappa shape index (κ3) is 2.06. The van der Waals surface area contributed by atoms with Gasteiger partial charge in [-0.15, -0.1) is 11.3 Å². The number of rotatable bonds is 3. The second-order valence-corrected chi connectivity index (χ2v) is 5.85. The van der Waals surface area contributed by atoms with Crippen molar-refractivity contribution in [1.29, 1.82) is 0 Å². The highest BCUT2D eigenvalue weighted by atomic mass is 32.1. The summed E-state index contributed by atoms with van der Waals surface area (Å²) in [7, 11) is 0.